The molecule has 0 radical (unpaired) electrons. The Morgan fingerprint density at radius 1 is 0.727 bits per heavy atom. The summed E-state index contributed by atoms with van der Waals surface area (Å²) in [6.45, 7) is 10.6. The Morgan fingerprint density at radius 2 is 1.00 bits per heavy atom. The standard InChI is InChI=1S/C18H26O4/c1-13(2)15(19)21-17(9-5-6-10-17)18(11-7-8-12-18)22-16(20)14(3)4/h1,3,5-12H2,2,4H3. The van der Waals surface area contributed by atoms with Crippen LogP contribution >= 0.6 is 0 Å². The third-order valence-electron chi connectivity index (χ3n) is 4.93. The Morgan fingerprint density at radius 3 is 1.23 bits per heavy atom. The van der Waals surface area contributed by atoms with E-state index >= 15 is 0 Å². The van der Waals surface area contributed by atoms with E-state index in [0.717, 1.165) is 51.4 Å². The van der Waals surface area contributed by atoms with Crippen molar-refractivity contribution in [2.75, 3.05) is 0 Å². The fraction of sp³-hybridized carbons (Fsp3) is 0.667. The largest absolute Gasteiger partial charge is 0.451 e. The van der Waals surface area contributed by atoms with Gasteiger partial charge in [-0.05, 0) is 65.2 Å². The molecule has 22 heavy (non-hydrogen) atoms. The minimum atomic E-state index is -0.704. The Kier molecular flexibility index (Phi) is 4.78. The van der Waals surface area contributed by atoms with Gasteiger partial charge in [0.1, 0.15) is 0 Å². The number of esters is 2. The van der Waals surface area contributed by atoms with Crippen LogP contribution in [0, 0.1) is 0 Å². The molecule has 0 heterocycles. The summed E-state index contributed by atoms with van der Waals surface area (Å²) in [5.74, 6) is -0.779. The summed E-state index contributed by atoms with van der Waals surface area (Å²) in [6, 6.07) is 0. The zero-order chi connectivity index (χ0) is 16.4. The first-order valence-corrected chi connectivity index (χ1v) is 8.10. The maximum absolute atomic E-state index is 12.1. The van der Waals surface area contributed by atoms with Crippen LogP contribution in [-0.4, -0.2) is 23.1 Å². The van der Waals surface area contributed by atoms with Gasteiger partial charge in [-0.25, -0.2) is 9.59 Å². The van der Waals surface area contributed by atoms with E-state index in [-0.39, 0.29) is 11.9 Å². The zero-order valence-corrected chi connectivity index (χ0v) is 13.7. The molecule has 2 saturated carbocycles. The van der Waals surface area contributed by atoms with Gasteiger partial charge in [-0.1, -0.05) is 13.2 Å². The van der Waals surface area contributed by atoms with Gasteiger partial charge in [0, 0.05) is 11.1 Å². The number of carbonyl (C=O) groups is 2. The fourth-order valence-corrected chi connectivity index (χ4v) is 3.72. The van der Waals surface area contributed by atoms with Crippen LogP contribution < -0.4 is 0 Å². The molecule has 2 aliphatic rings. The molecule has 0 aliphatic heterocycles. The predicted molar refractivity (Wildman–Crippen MR) is 84.2 cm³/mol. The predicted octanol–water partition coefficient (Wildman–Crippen LogP) is 3.85. The Bertz CT molecular complexity index is 445. The number of hydrogen-bond donors (Lipinski definition) is 0. The highest BCUT2D eigenvalue weighted by Crippen LogP contribution is 2.52. The van der Waals surface area contributed by atoms with Gasteiger partial charge in [-0.15, -0.1) is 0 Å². The summed E-state index contributed by atoms with van der Waals surface area (Å²) in [5, 5.41) is 0. The van der Waals surface area contributed by atoms with E-state index in [1.807, 2.05) is 0 Å². The first-order chi connectivity index (χ1) is 10.3. The maximum Gasteiger partial charge on any atom is 0.333 e. The lowest BCUT2D eigenvalue weighted by Gasteiger charge is -2.45. The molecule has 4 heteroatoms. The smallest absolute Gasteiger partial charge is 0.333 e. The summed E-state index contributed by atoms with van der Waals surface area (Å²) >= 11 is 0. The van der Waals surface area contributed by atoms with Crippen molar-refractivity contribution in [1.29, 1.82) is 0 Å². The lowest BCUT2D eigenvalue weighted by atomic mass is 9.79. The normalized spacial score (nSPS) is 22.1. The molecule has 2 aliphatic carbocycles. The van der Waals surface area contributed by atoms with Gasteiger partial charge in [0.15, 0.2) is 11.2 Å². The van der Waals surface area contributed by atoms with Gasteiger partial charge in [0.25, 0.3) is 0 Å². The molecule has 4 nitrogen and oxygen atoms in total. The van der Waals surface area contributed by atoms with E-state index in [9.17, 15) is 9.59 Å². The summed E-state index contributed by atoms with van der Waals surface area (Å²) in [7, 11) is 0. The van der Waals surface area contributed by atoms with Crippen molar-refractivity contribution in [3.63, 3.8) is 0 Å². The first-order valence-electron chi connectivity index (χ1n) is 8.10. The first kappa shape index (κ1) is 16.8. The summed E-state index contributed by atoms with van der Waals surface area (Å²) in [5.41, 5.74) is -0.647. The third kappa shape index (κ3) is 2.96. The summed E-state index contributed by atoms with van der Waals surface area (Å²) in [6.07, 6.45) is 6.91. The fourth-order valence-electron chi connectivity index (χ4n) is 3.72. The summed E-state index contributed by atoms with van der Waals surface area (Å²) < 4.78 is 11.8. The minimum Gasteiger partial charge on any atom is -0.451 e. The van der Waals surface area contributed by atoms with Crippen LogP contribution in [0.5, 0.6) is 0 Å². The molecule has 0 saturated heterocycles. The Hall–Kier alpha value is -1.58. The van der Waals surface area contributed by atoms with Crippen LogP contribution in [0.2, 0.25) is 0 Å². The van der Waals surface area contributed by atoms with Crippen molar-refractivity contribution < 1.29 is 19.1 Å². The highest BCUT2D eigenvalue weighted by molar-refractivity contribution is 5.88. The van der Waals surface area contributed by atoms with Crippen LogP contribution in [0.1, 0.15) is 65.2 Å². The van der Waals surface area contributed by atoms with Gasteiger partial charge in [-0.2, -0.15) is 0 Å². The van der Waals surface area contributed by atoms with Gasteiger partial charge in [-0.3, -0.25) is 0 Å². The van der Waals surface area contributed by atoms with Gasteiger partial charge >= 0.3 is 11.9 Å². The molecule has 0 aromatic rings. The van der Waals surface area contributed by atoms with Crippen molar-refractivity contribution in [3.8, 4) is 0 Å². The van der Waals surface area contributed by atoms with Crippen LogP contribution in [0.3, 0.4) is 0 Å². The molecule has 0 spiro atoms. The lowest BCUT2D eigenvalue weighted by Crippen LogP contribution is -2.56. The molecule has 0 N–H and O–H groups in total. The molecule has 0 unspecified atom stereocenters. The van der Waals surface area contributed by atoms with E-state index < -0.39 is 11.2 Å². The number of ether oxygens (including phenoxy) is 2. The molecule has 122 valence electrons. The van der Waals surface area contributed by atoms with Gasteiger partial charge in [0.05, 0.1) is 0 Å². The van der Waals surface area contributed by atoms with E-state index in [4.69, 9.17) is 9.47 Å². The van der Waals surface area contributed by atoms with E-state index in [2.05, 4.69) is 13.2 Å². The quantitative estimate of drug-likeness (QED) is 0.572. The van der Waals surface area contributed by atoms with Crippen molar-refractivity contribution in [2.45, 2.75) is 76.4 Å². The average Bonchev–Trinajstić information content (AvgIpc) is 3.09. The van der Waals surface area contributed by atoms with Crippen molar-refractivity contribution in [1.82, 2.24) is 0 Å². The van der Waals surface area contributed by atoms with Crippen molar-refractivity contribution in [2.24, 2.45) is 0 Å². The van der Waals surface area contributed by atoms with Gasteiger partial charge in [0.2, 0.25) is 0 Å². The van der Waals surface area contributed by atoms with E-state index in [1.165, 1.54) is 0 Å². The topological polar surface area (TPSA) is 52.6 Å². The van der Waals surface area contributed by atoms with Crippen molar-refractivity contribution >= 4 is 11.9 Å². The number of carbonyl (C=O) groups excluding carboxylic acids is 2. The molecule has 2 rings (SSSR count). The Balaban J connectivity index is 2.33. The van der Waals surface area contributed by atoms with Crippen molar-refractivity contribution in [3.05, 3.63) is 24.3 Å². The van der Waals surface area contributed by atoms with E-state index in [0.29, 0.717) is 11.1 Å². The highest BCUT2D eigenvalue weighted by atomic mass is 16.6. The molecule has 0 amide bonds. The Labute approximate surface area is 132 Å². The monoisotopic (exact) mass is 306 g/mol. The number of hydrogen-bond acceptors (Lipinski definition) is 4. The summed E-state index contributed by atoms with van der Waals surface area (Å²) in [4.78, 5) is 24.3. The third-order valence-corrected chi connectivity index (χ3v) is 4.93. The van der Waals surface area contributed by atoms with Crippen LogP contribution in [0.15, 0.2) is 24.3 Å². The van der Waals surface area contributed by atoms with E-state index in [1.54, 1.807) is 13.8 Å². The average molecular weight is 306 g/mol. The molecule has 0 bridgehead atoms. The molecular formula is C18H26O4. The highest BCUT2D eigenvalue weighted by Gasteiger charge is 2.59. The van der Waals surface area contributed by atoms with Crippen LogP contribution in [-0.2, 0) is 19.1 Å². The second kappa shape index (κ2) is 6.27. The second-order valence-corrected chi connectivity index (χ2v) is 6.74. The molecule has 0 aromatic carbocycles. The maximum atomic E-state index is 12.1. The minimum absolute atomic E-state index is 0.380. The molecule has 0 aromatic heterocycles. The van der Waals surface area contributed by atoms with Crippen LogP contribution in [0.4, 0.5) is 0 Å². The number of rotatable bonds is 5. The molecular weight excluding hydrogens is 280 g/mol. The SMILES string of the molecule is C=C(C)C(=O)OC1(C2(OC(=O)C(=C)C)CCCC2)CCCC1. The van der Waals surface area contributed by atoms with Crippen LogP contribution in [0.25, 0.3) is 0 Å². The molecule has 2 fully saturated rings. The zero-order valence-electron chi connectivity index (χ0n) is 13.7. The lowest BCUT2D eigenvalue weighted by molar-refractivity contribution is -0.208. The second-order valence-electron chi connectivity index (χ2n) is 6.74. The van der Waals surface area contributed by atoms with Gasteiger partial charge < -0.3 is 9.47 Å². The molecule has 0 atom stereocenters.